The van der Waals surface area contributed by atoms with E-state index in [0.29, 0.717) is 0 Å². The number of hydrogen-bond acceptors (Lipinski definition) is 4. The summed E-state index contributed by atoms with van der Waals surface area (Å²) in [5.74, 6) is -3.76. The average Bonchev–Trinajstić information content (AvgIpc) is 2.42. The van der Waals surface area contributed by atoms with Gasteiger partial charge in [0.05, 0.1) is 12.0 Å². The second kappa shape index (κ2) is 5.78. The third kappa shape index (κ3) is 3.10. The summed E-state index contributed by atoms with van der Waals surface area (Å²) >= 11 is 0. The van der Waals surface area contributed by atoms with E-state index in [9.17, 15) is 23.9 Å². The minimum Gasteiger partial charge on any atom is -0.507 e. The van der Waals surface area contributed by atoms with Gasteiger partial charge in [-0.15, -0.1) is 0 Å². The van der Waals surface area contributed by atoms with Gasteiger partial charge < -0.3 is 20.4 Å². The monoisotopic (exact) mass is 296 g/mol. The highest BCUT2D eigenvalue weighted by Crippen LogP contribution is 2.22. The lowest BCUT2D eigenvalue weighted by molar-refractivity contribution is -0.142. The third-order valence-electron chi connectivity index (χ3n) is 3.15. The molecule has 0 spiro atoms. The molecule has 0 radical (unpaired) electrons. The number of aliphatic carboxylic acids is 1. The molecule has 1 fully saturated rings. The second-order valence-electron chi connectivity index (χ2n) is 4.56. The summed E-state index contributed by atoms with van der Waals surface area (Å²) in [4.78, 5) is 35.9. The van der Waals surface area contributed by atoms with Crippen LogP contribution in [0.2, 0.25) is 0 Å². The van der Waals surface area contributed by atoms with Gasteiger partial charge in [0, 0.05) is 13.1 Å². The van der Waals surface area contributed by atoms with E-state index in [0.717, 1.165) is 23.1 Å². The lowest BCUT2D eigenvalue weighted by Crippen LogP contribution is -2.57. The van der Waals surface area contributed by atoms with E-state index in [1.807, 2.05) is 0 Å². The molecule has 0 bridgehead atoms. The first-order chi connectivity index (χ1) is 9.90. The fraction of sp³-hybridized carbons (Fsp3) is 0.308. The van der Waals surface area contributed by atoms with Gasteiger partial charge >= 0.3 is 5.97 Å². The molecule has 1 aliphatic heterocycles. The predicted molar refractivity (Wildman–Crippen MR) is 68.2 cm³/mol. The summed E-state index contributed by atoms with van der Waals surface area (Å²) in [5, 5.41) is 20.9. The smallest absolute Gasteiger partial charge is 0.305 e. The van der Waals surface area contributed by atoms with E-state index in [1.54, 1.807) is 0 Å². The summed E-state index contributed by atoms with van der Waals surface area (Å²) in [7, 11) is 0. The number of piperazine rings is 1. The van der Waals surface area contributed by atoms with E-state index in [4.69, 9.17) is 5.11 Å². The number of carboxylic acids is 1. The summed E-state index contributed by atoms with van der Waals surface area (Å²) in [6.07, 6.45) is -0.562. The molecule has 0 aromatic heterocycles. The van der Waals surface area contributed by atoms with Crippen LogP contribution < -0.4 is 5.32 Å². The Morgan fingerprint density at radius 1 is 1.43 bits per heavy atom. The quantitative estimate of drug-likeness (QED) is 0.725. The van der Waals surface area contributed by atoms with E-state index in [1.165, 1.54) is 0 Å². The number of benzene rings is 1. The van der Waals surface area contributed by atoms with Gasteiger partial charge in [-0.05, 0) is 18.2 Å². The fourth-order valence-electron chi connectivity index (χ4n) is 2.16. The van der Waals surface area contributed by atoms with Crippen molar-refractivity contribution in [3.63, 3.8) is 0 Å². The summed E-state index contributed by atoms with van der Waals surface area (Å²) in [6.45, 7) is 0.245. The van der Waals surface area contributed by atoms with Crippen molar-refractivity contribution in [2.24, 2.45) is 0 Å². The van der Waals surface area contributed by atoms with E-state index < -0.39 is 41.8 Å². The summed E-state index contributed by atoms with van der Waals surface area (Å²) < 4.78 is 13.2. The number of carbonyl (C=O) groups is 3. The van der Waals surface area contributed by atoms with E-state index in [2.05, 4.69) is 5.32 Å². The van der Waals surface area contributed by atoms with Crippen LogP contribution in [0.4, 0.5) is 4.39 Å². The minimum atomic E-state index is -1.24. The third-order valence-corrected chi connectivity index (χ3v) is 3.15. The van der Waals surface area contributed by atoms with Crippen molar-refractivity contribution in [1.29, 1.82) is 0 Å². The largest absolute Gasteiger partial charge is 0.507 e. The Bertz CT molecular complexity index is 604. The number of phenolic OH excluding ortho intramolecular Hbond substituents is 1. The number of nitrogens with zero attached hydrogens (tertiary/aromatic N) is 1. The maximum absolute atomic E-state index is 13.2. The summed E-state index contributed by atoms with van der Waals surface area (Å²) in [5.41, 5.74) is -0.305. The van der Waals surface area contributed by atoms with Crippen LogP contribution in [0.25, 0.3) is 0 Å². The highest BCUT2D eigenvalue weighted by Gasteiger charge is 2.35. The van der Waals surface area contributed by atoms with Crippen LogP contribution >= 0.6 is 0 Å². The molecule has 2 rings (SSSR count). The van der Waals surface area contributed by atoms with Crippen LogP contribution in [0, 0.1) is 5.82 Å². The van der Waals surface area contributed by atoms with Crippen LogP contribution in [0.1, 0.15) is 16.8 Å². The van der Waals surface area contributed by atoms with Crippen molar-refractivity contribution < 1.29 is 29.0 Å². The zero-order chi connectivity index (χ0) is 15.6. The molecule has 3 N–H and O–H groups in total. The molecule has 112 valence electrons. The molecule has 1 aliphatic rings. The molecule has 7 nitrogen and oxygen atoms in total. The molecule has 0 aliphatic carbocycles. The second-order valence-corrected chi connectivity index (χ2v) is 4.56. The number of aromatic hydroxyl groups is 1. The molecule has 21 heavy (non-hydrogen) atoms. The van der Waals surface area contributed by atoms with Crippen molar-refractivity contribution in [1.82, 2.24) is 10.2 Å². The Balaban J connectivity index is 2.32. The molecule has 1 aromatic carbocycles. The Kier molecular flexibility index (Phi) is 4.06. The number of carbonyl (C=O) groups excluding carboxylic acids is 2. The van der Waals surface area contributed by atoms with Crippen LogP contribution in [-0.2, 0) is 9.59 Å². The van der Waals surface area contributed by atoms with E-state index in [-0.39, 0.29) is 18.7 Å². The zero-order valence-corrected chi connectivity index (χ0v) is 10.9. The topological polar surface area (TPSA) is 107 Å². The normalized spacial score (nSPS) is 18.2. The van der Waals surface area contributed by atoms with Crippen molar-refractivity contribution >= 4 is 17.8 Å². The fourth-order valence-corrected chi connectivity index (χ4v) is 2.16. The Morgan fingerprint density at radius 3 is 2.81 bits per heavy atom. The van der Waals surface area contributed by atoms with Crippen molar-refractivity contribution in [2.45, 2.75) is 12.5 Å². The minimum absolute atomic E-state index is 0.0818. The SMILES string of the molecule is O=C(O)CC1C(=O)NCCN1C(=O)c1cc(F)ccc1O. The van der Waals surface area contributed by atoms with Crippen molar-refractivity contribution in [3.05, 3.63) is 29.6 Å². The standard InChI is InChI=1S/C13H13FN2O5/c14-7-1-2-10(17)8(5-7)13(21)16-4-3-15-12(20)9(16)6-11(18)19/h1-2,5,9,17H,3-4,6H2,(H,15,20)(H,18,19). The summed E-state index contributed by atoms with van der Waals surface area (Å²) in [6, 6.07) is 1.68. The molecule has 0 saturated carbocycles. The van der Waals surface area contributed by atoms with Gasteiger partial charge in [-0.3, -0.25) is 14.4 Å². The predicted octanol–water partition coefficient (Wildman–Crippen LogP) is -0.0534. The van der Waals surface area contributed by atoms with Crippen LogP contribution in [-0.4, -0.2) is 52.0 Å². The molecule has 2 amide bonds. The van der Waals surface area contributed by atoms with Crippen LogP contribution in [0.5, 0.6) is 5.75 Å². The lowest BCUT2D eigenvalue weighted by Gasteiger charge is -2.34. The zero-order valence-electron chi connectivity index (χ0n) is 10.9. The van der Waals surface area contributed by atoms with Crippen LogP contribution in [0.15, 0.2) is 18.2 Å². The maximum Gasteiger partial charge on any atom is 0.305 e. The van der Waals surface area contributed by atoms with Gasteiger partial charge in [-0.25, -0.2) is 4.39 Å². The molecule has 1 heterocycles. The first-order valence-electron chi connectivity index (χ1n) is 6.19. The number of hydrogen-bond donors (Lipinski definition) is 3. The Labute approximate surface area is 119 Å². The molecule has 1 saturated heterocycles. The first kappa shape index (κ1) is 14.8. The highest BCUT2D eigenvalue weighted by molar-refractivity contribution is 6.00. The lowest BCUT2D eigenvalue weighted by atomic mass is 10.1. The molecule has 8 heteroatoms. The van der Waals surface area contributed by atoms with Crippen molar-refractivity contribution in [3.8, 4) is 5.75 Å². The Morgan fingerprint density at radius 2 is 2.14 bits per heavy atom. The maximum atomic E-state index is 13.2. The van der Waals surface area contributed by atoms with Crippen molar-refractivity contribution in [2.75, 3.05) is 13.1 Å². The number of rotatable bonds is 3. The molecular formula is C13H13FN2O5. The first-order valence-corrected chi connectivity index (χ1v) is 6.19. The number of nitrogens with one attached hydrogen (secondary N) is 1. The van der Waals surface area contributed by atoms with Gasteiger partial charge in [0.1, 0.15) is 17.6 Å². The van der Waals surface area contributed by atoms with Gasteiger partial charge in [0.25, 0.3) is 5.91 Å². The van der Waals surface area contributed by atoms with Gasteiger partial charge in [0.2, 0.25) is 5.91 Å². The molecule has 1 atom stereocenters. The van der Waals surface area contributed by atoms with Crippen LogP contribution in [0.3, 0.4) is 0 Å². The molecular weight excluding hydrogens is 283 g/mol. The molecule has 1 unspecified atom stereocenters. The van der Waals surface area contributed by atoms with Gasteiger partial charge in [-0.1, -0.05) is 0 Å². The molecule has 1 aromatic rings. The van der Waals surface area contributed by atoms with Gasteiger partial charge in [-0.2, -0.15) is 0 Å². The highest BCUT2D eigenvalue weighted by atomic mass is 19.1. The van der Waals surface area contributed by atoms with E-state index >= 15 is 0 Å². The number of carboxylic acid groups (broad SMARTS) is 1. The number of phenols is 1. The van der Waals surface area contributed by atoms with Gasteiger partial charge in [0.15, 0.2) is 0 Å². The number of halogens is 1. The average molecular weight is 296 g/mol. The Hall–Kier alpha value is -2.64. The number of amides is 2.